The monoisotopic (exact) mass is 257 g/mol. The second kappa shape index (κ2) is 4.91. The Labute approximate surface area is 93.3 Å². The highest BCUT2D eigenvalue weighted by molar-refractivity contribution is 9.10. The van der Waals surface area contributed by atoms with Gasteiger partial charge in [-0.15, -0.1) is 0 Å². The number of halogens is 1. The summed E-state index contributed by atoms with van der Waals surface area (Å²) >= 11 is 3.36. The van der Waals surface area contributed by atoms with Gasteiger partial charge in [-0.2, -0.15) is 0 Å². The van der Waals surface area contributed by atoms with Crippen LogP contribution in [0, 0.1) is 5.92 Å². The molecule has 0 aliphatic heterocycles. The van der Waals surface area contributed by atoms with Crippen LogP contribution in [0.5, 0.6) is 0 Å². The minimum absolute atomic E-state index is 0.175. The number of aliphatic hydroxyl groups is 1. The molecule has 14 heavy (non-hydrogen) atoms. The number of benzene rings is 1. The van der Waals surface area contributed by atoms with Crippen molar-refractivity contribution >= 4 is 15.9 Å². The van der Waals surface area contributed by atoms with E-state index in [9.17, 15) is 5.11 Å². The van der Waals surface area contributed by atoms with E-state index in [2.05, 4.69) is 15.9 Å². The number of hydrogen-bond acceptors (Lipinski definition) is 2. The van der Waals surface area contributed by atoms with E-state index in [0.29, 0.717) is 0 Å². The SMILES string of the molecule is CC(C)[C@@H](O)[C@@H](N)c1ccc(Br)cc1. The highest BCUT2D eigenvalue weighted by Crippen LogP contribution is 2.21. The van der Waals surface area contributed by atoms with E-state index >= 15 is 0 Å². The van der Waals surface area contributed by atoms with E-state index in [1.807, 2.05) is 38.1 Å². The summed E-state index contributed by atoms with van der Waals surface area (Å²) in [4.78, 5) is 0. The van der Waals surface area contributed by atoms with Gasteiger partial charge in [0.25, 0.3) is 0 Å². The van der Waals surface area contributed by atoms with Gasteiger partial charge in [0.15, 0.2) is 0 Å². The van der Waals surface area contributed by atoms with E-state index in [1.165, 1.54) is 0 Å². The van der Waals surface area contributed by atoms with Crippen LogP contribution in [0.4, 0.5) is 0 Å². The molecule has 0 radical (unpaired) electrons. The van der Waals surface area contributed by atoms with E-state index in [0.717, 1.165) is 10.0 Å². The van der Waals surface area contributed by atoms with Gasteiger partial charge in [0.05, 0.1) is 12.1 Å². The molecule has 0 fully saturated rings. The first-order valence-corrected chi connectivity index (χ1v) is 5.50. The van der Waals surface area contributed by atoms with Crippen LogP contribution in [-0.4, -0.2) is 11.2 Å². The minimum atomic E-state index is -0.490. The average molecular weight is 258 g/mol. The third-order valence-corrected chi connectivity index (χ3v) is 2.83. The van der Waals surface area contributed by atoms with Crippen LogP contribution >= 0.6 is 15.9 Å². The van der Waals surface area contributed by atoms with Gasteiger partial charge >= 0.3 is 0 Å². The number of nitrogens with two attached hydrogens (primary N) is 1. The molecule has 0 aliphatic rings. The zero-order valence-corrected chi connectivity index (χ0v) is 10.0. The second-order valence-electron chi connectivity index (χ2n) is 3.81. The van der Waals surface area contributed by atoms with Crippen LogP contribution in [-0.2, 0) is 0 Å². The molecule has 0 aromatic heterocycles. The normalized spacial score (nSPS) is 15.6. The summed E-state index contributed by atoms with van der Waals surface area (Å²) in [5.74, 6) is 0.175. The summed E-state index contributed by atoms with van der Waals surface area (Å²) in [6.45, 7) is 3.92. The van der Waals surface area contributed by atoms with Gasteiger partial charge < -0.3 is 10.8 Å². The molecule has 0 saturated carbocycles. The number of hydrogen-bond donors (Lipinski definition) is 2. The summed E-state index contributed by atoms with van der Waals surface area (Å²) in [6, 6.07) is 7.42. The van der Waals surface area contributed by atoms with Gasteiger partial charge in [0, 0.05) is 4.47 Å². The highest BCUT2D eigenvalue weighted by atomic mass is 79.9. The first kappa shape index (κ1) is 11.7. The van der Waals surface area contributed by atoms with Crippen LogP contribution in [0.2, 0.25) is 0 Å². The van der Waals surface area contributed by atoms with Crippen LogP contribution < -0.4 is 5.73 Å². The third kappa shape index (κ3) is 2.80. The van der Waals surface area contributed by atoms with E-state index in [4.69, 9.17) is 5.73 Å². The molecule has 0 saturated heterocycles. The summed E-state index contributed by atoms with van der Waals surface area (Å²) in [5.41, 5.74) is 6.89. The lowest BCUT2D eigenvalue weighted by Crippen LogP contribution is -2.30. The number of aliphatic hydroxyl groups excluding tert-OH is 1. The fourth-order valence-corrected chi connectivity index (χ4v) is 1.56. The summed E-state index contributed by atoms with van der Waals surface area (Å²) in [7, 11) is 0. The molecule has 0 aliphatic carbocycles. The lowest BCUT2D eigenvalue weighted by molar-refractivity contribution is 0.0979. The number of rotatable bonds is 3. The summed E-state index contributed by atoms with van der Waals surface area (Å²) in [6.07, 6.45) is -0.490. The van der Waals surface area contributed by atoms with E-state index in [-0.39, 0.29) is 12.0 Å². The molecule has 78 valence electrons. The van der Waals surface area contributed by atoms with Crippen molar-refractivity contribution in [2.24, 2.45) is 11.7 Å². The van der Waals surface area contributed by atoms with Crippen molar-refractivity contribution in [2.45, 2.75) is 26.0 Å². The molecule has 2 nitrogen and oxygen atoms in total. The van der Waals surface area contributed by atoms with Crippen LogP contribution in [0.15, 0.2) is 28.7 Å². The summed E-state index contributed by atoms with van der Waals surface area (Å²) < 4.78 is 1.02. The maximum absolute atomic E-state index is 9.78. The quantitative estimate of drug-likeness (QED) is 0.874. The fourth-order valence-electron chi connectivity index (χ4n) is 1.30. The Hall–Kier alpha value is -0.380. The average Bonchev–Trinajstić information content (AvgIpc) is 2.16. The molecular weight excluding hydrogens is 242 g/mol. The Morgan fingerprint density at radius 3 is 2.14 bits per heavy atom. The van der Waals surface area contributed by atoms with Crippen molar-refractivity contribution in [3.63, 3.8) is 0 Å². The predicted octanol–water partition coefficient (Wildman–Crippen LogP) is 2.47. The van der Waals surface area contributed by atoms with Crippen molar-refractivity contribution < 1.29 is 5.11 Å². The van der Waals surface area contributed by atoms with Crippen LogP contribution in [0.1, 0.15) is 25.5 Å². The van der Waals surface area contributed by atoms with Crippen molar-refractivity contribution in [3.05, 3.63) is 34.3 Å². The topological polar surface area (TPSA) is 46.2 Å². The van der Waals surface area contributed by atoms with Gasteiger partial charge in [-0.3, -0.25) is 0 Å². The smallest absolute Gasteiger partial charge is 0.0755 e. The molecular formula is C11H16BrNO. The van der Waals surface area contributed by atoms with Crippen LogP contribution in [0.25, 0.3) is 0 Å². The molecule has 1 rings (SSSR count). The van der Waals surface area contributed by atoms with Gasteiger partial charge in [-0.1, -0.05) is 41.9 Å². The van der Waals surface area contributed by atoms with Gasteiger partial charge in [0.2, 0.25) is 0 Å². The van der Waals surface area contributed by atoms with Crippen LogP contribution in [0.3, 0.4) is 0 Å². The first-order valence-electron chi connectivity index (χ1n) is 4.71. The van der Waals surface area contributed by atoms with Gasteiger partial charge in [0.1, 0.15) is 0 Å². The maximum Gasteiger partial charge on any atom is 0.0755 e. The van der Waals surface area contributed by atoms with Gasteiger partial charge in [-0.25, -0.2) is 0 Å². The van der Waals surface area contributed by atoms with Crippen molar-refractivity contribution in [2.75, 3.05) is 0 Å². The molecule has 0 bridgehead atoms. The zero-order valence-electron chi connectivity index (χ0n) is 8.44. The molecule has 2 atom stereocenters. The molecule has 3 N–H and O–H groups in total. The Bertz CT molecular complexity index is 284. The zero-order chi connectivity index (χ0) is 10.7. The maximum atomic E-state index is 9.78. The molecule has 0 spiro atoms. The lowest BCUT2D eigenvalue weighted by atomic mass is 9.95. The summed E-state index contributed by atoms with van der Waals surface area (Å²) in [5, 5.41) is 9.78. The van der Waals surface area contributed by atoms with Crippen molar-refractivity contribution in [1.29, 1.82) is 0 Å². The molecule has 0 unspecified atom stereocenters. The Kier molecular flexibility index (Phi) is 4.11. The first-order chi connectivity index (χ1) is 6.52. The Morgan fingerprint density at radius 2 is 1.71 bits per heavy atom. The standard InChI is InChI=1S/C11H16BrNO/c1-7(2)11(14)10(13)8-3-5-9(12)6-4-8/h3-7,10-11,14H,13H2,1-2H3/t10-,11+/m0/s1. The predicted molar refractivity (Wildman–Crippen MR) is 61.9 cm³/mol. The molecule has 0 amide bonds. The van der Waals surface area contributed by atoms with Crippen molar-refractivity contribution in [1.82, 2.24) is 0 Å². The minimum Gasteiger partial charge on any atom is -0.391 e. The molecule has 1 aromatic rings. The Morgan fingerprint density at radius 1 is 1.21 bits per heavy atom. The van der Waals surface area contributed by atoms with E-state index in [1.54, 1.807) is 0 Å². The van der Waals surface area contributed by atoms with Crippen molar-refractivity contribution in [3.8, 4) is 0 Å². The van der Waals surface area contributed by atoms with E-state index < -0.39 is 6.10 Å². The lowest BCUT2D eigenvalue weighted by Gasteiger charge is -2.22. The highest BCUT2D eigenvalue weighted by Gasteiger charge is 2.19. The fraction of sp³-hybridized carbons (Fsp3) is 0.455. The molecule has 0 heterocycles. The second-order valence-corrected chi connectivity index (χ2v) is 4.73. The largest absolute Gasteiger partial charge is 0.391 e. The Balaban J connectivity index is 2.78. The van der Waals surface area contributed by atoms with Gasteiger partial charge in [-0.05, 0) is 23.6 Å². The molecule has 1 aromatic carbocycles. The molecule has 3 heteroatoms. The third-order valence-electron chi connectivity index (χ3n) is 2.31.